The number of amides is 1. The van der Waals surface area contributed by atoms with Crippen LogP contribution in [-0.2, 0) is 9.59 Å². The number of carboxylic acid groups (broad SMARTS) is 1. The monoisotopic (exact) mass is 539 g/mol. The molecule has 0 radical (unpaired) electrons. The van der Waals surface area contributed by atoms with Gasteiger partial charge < -0.3 is 10.0 Å². The van der Waals surface area contributed by atoms with Crippen LogP contribution in [0.1, 0.15) is 24.1 Å². The summed E-state index contributed by atoms with van der Waals surface area (Å²) in [6.45, 7) is 2.27. The predicted molar refractivity (Wildman–Crippen MR) is 156 cm³/mol. The lowest BCUT2D eigenvalue weighted by Crippen LogP contribution is -2.29. The summed E-state index contributed by atoms with van der Waals surface area (Å²) < 4.78 is 0. The highest BCUT2D eigenvalue weighted by Crippen LogP contribution is 2.39. The molecule has 38 heavy (non-hydrogen) atoms. The molecule has 0 bridgehead atoms. The summed E-state index contributed by atoms with van der Waals surface area (Å²) in [4.78, 5) is 31.6. The highest BCUT2D eigenvalue weighted by atomic mass is 32.1. The molecule has 1 N–H and O–H groups in total. The summed E-state index contributed by atoms with van der Waals surface area (Å²) in [5, 5.41) is 14.9. The largest absolute Gasteiger partial charge is 0.476 e. The summed E-state index contributed by atoms with van der Waals surface area (Å²) in [6, 6.07) is 25.8. The van der Waals surface area contributed by atoms with Gasteiger partial charge in [-0.1, -0.05) is 30.3 Å². The van der Waals surface area contributed by atoms with Crippen molar-refractivity contribution >= 4 is 57.7 Å². The Morgan fingerprint density at radius 2 is 1.47 bits per heavy atom. The second-order valence-corrected chi connectivity index (χ2v) is 11.4. The lowest BCUT2D eigenvalue weighted by molar-refractivity contribution is -0.129. The number of aliphatic carboxylic acids is 1. The third-order valence-electron chi connectivity index (χ3n) is 6.72. The van der Waals surface area contributed by atoms with Crippen molar-refractivity contribution in [3.8, 4) is 20.2 Å². The molecule has 6 nitrogen and oxygen atoms in total. The van der Waals surface area contributed by atoms with Crippen molar-refractivity contribution in [1.29, 1.82) is 0 Å². The summed E-state index contributed by atoms with van der Waals surface area (Å²) in [6.07, 6.45) is 5.48. The van der Waals surface area contributed by atoms with Crippen LogP contribution in [0.2, 0.25) is 0 Å². The molecule has 4 heterocycles. The van der Waals surface area contributed by atoms with E-state index in [-0.39, 0.29) is 11.3 Å². The Kier molecular flexibility index (Phi) is 6.66. The van der Waals surface area contributed by atoms with Gasteiger partial charge in [0, 0.05) is 38.3 Å². The molecule has 190 valence electrons. The van der Waals surface area contributed by atoms with Crippen molar-refractivity contribution in [1.82, 2.24) is 0 Å². The van der Waals surface area contributed by atoms with Gasteiger partial charge in [0.15, 0.2) is 5.71 Å². The summed E-state index contributed by atoms with van der Waals surface area (Å²) in [7, 11) is 0. The third kappa shape index (κ3) is 4.80. The van der Waals surface area contributed by atoms with E-state index in [1.165, 1.54) is 46.7 Å². The van der Waals surface area contributed by atoms with Gasteiger partial charge in [-0.15, -0.1) is 22.7 Å². The topological polar surface area (TPSA) is 73.2 Å². The second-order valence-electron chi connectivity index (χ2n) is 9.22. The first-order valence-corrected chi connectivity index (χ1v) is 14.2. The van der Waals surface area contributed by atoms with Crippen LogP contribution in [0.15, 0.2) is 89.5 Å². The van der Waals surface area contributed by atoms with E-state index in [2.05, 4.69) is 46.4 Å². The van der Waals surface area contributed by atoms with Gasteiger partial charge in [0.1, 0.15) is 0 Å². The van der Waals surface area contributed by atoms with E-state index in [0.29, 0.717) is 5.69 Å². The summed E-state index contributed by atoms with van der Waals surface area (Å²) in [5.41, 5.74) is 2.84. The molecule has 2 aliphatic rings. The van der Waals surface area contributed by atoms with Gasteiger partial charge in [-0.25, -0.2) is 4.79 Å². The molecule has 2 aliphatic heterocycles. The van der Waals surface area contributed by atoms with Gasteiger partial charge in [-0.3, -0.25) is 4.79 Å². The lowest BCUT2D eigenvalue weighted by Gasteiger charge is -2.28. The Morgan fingerprint density at radius 1 is 0.789 bits per heavy atom. The van der Waals surface area contributed by atoms with E-state index < -0.39 is 11.9 Å². The maximum absolute atomic E-state index is 13.1. The molecule has 0 spiro atoms. The molecule has 0 aliphatic carbocycles. The first kappa shape index (κ1) is 24.3. The smallest absolute Gasteiger partial charge is 0.357 e. The Morgan fingerprint density at radius 3 is 2.21 bits per heavy atom. The predicted octanol–water partition coefficient (Wildman–Crippen LogP) is 7.00. The number of thiophene rings is 2. The number of carbonyl (C=O) groups excluding carboxylic acids is 1. The highest BCUT2D eigenvalue weighted by molar-refractivity contribution is 7.24. The number of nitrogens with zero attached hydrogens (tertiary/aromatic N) is 3. The Bertz CT molecular complexity index is 1540. The fourth-order valence-corrected chi connectivity index (χ4v) is 6.82. The van der Waals surface area contributed by atoms with E-state index in [1.807, 2.05) is 18.2 Å². The van der Waals surface area contributed by atoms with Crippen LogP contribution in [0, 0.1) is 0 Å². The number of benzene rings is 2. The second kappa shape index (κ2) is 10.4. The molecule has 8 heteroatoms. The molecule has 4 aromatic rings. The summed E-state index contributed by atoms with van der Waals surface area (Å²) >= 11 is 3.25. The zero-order valence-corrected chi connectivity index (χ0v) is 22.2. The molecule has 1 amide bonds. The molecule has 1 fully saturated rings. The van der Waals surface area contributed by atoms with Gasteiger partial charge in [-0.2, -0.15) is 10.1 Å². The number of rotatable bonds is 6. The van der Waals surface area contributed by atoms with Crippen LogP contribution in [0.25, 0.3) is 26.3 Å². The minimum absolute atomic E-state index is 0.0791. The summed E-state index contributed by atoms with van der Waals surface area (Å²) in [5.74, 6) is -1.68. The van der Waals surface area contributed by atoms with Crippen LogP contribution < -0.4 is 9.91 Å². The molecule has 0 unspecified atom stereocenters. The van der Waals surface area contributed by atoms with Crippen molar-refractivity contribution in [3.63, 3.8) is 0 Å². The number of carboxylic acids is 1. The van der Waals surface area contributed by atoms with Crippen LogP contribution in [-0.4, -0.2) is 35.8 Å². The van der Waals surface area contributed by atoms with Gasteiger partial charge in [0.2, 0.25) is 0 Å². The normalized spacial score (nSPS) is 16.8. The van der Waals surface area contributed by atoms with E-state index in [0.717, 1.165) is 32.7 Å². The number of anilines is 2. The number of hydrogen-bond acceptors (Lipinski definition) is 6. The maximum atomic E-state index is 13.1. The van der Waals surface area contributed by atoms with Gasteiger partial charge in [0.05, 0.1) is 11.3 Å². The fraction of sp³-hybridized carbons (Fsp3) is 0.167. The van der Waals surface area contributed by atoms with E-state index in [1.54, 1.807) is 41.7 Å². The minimum Gasteiger partial charge on any atom is -0.476 e. The Balaban J connectivity index is 1.22. The third-order valence-corrected chi connectivity index (χ3v) is 9.08. The van der Waals surface area contributed by atoms with E-state index in [9.17, 15) is 14.7 Å². The minimum atomic E-state index is -1.23. The van der Waals surface area contributed by atoms with E-state index in [4.69, 9.17) is 0 Å². The van der Waals surface area contributed by atoms with Crippen molar-refractivity contribution in [2.24, 2.45) is 5.10 Å². The number of carbonyl (C=O) groups is 2. The van der Waals surface area contributed by atoms with Gasteiger partial charge in [0.25, 0.3) is 5.91 Å². The number of piperidine rings is 1. The van der Waals surface area contributed by atoms with E-state index >= 15 is 0 Å². The molecule has 0 atom stereocenters. The molecule has 2 aromatic carbocycles. The Hall–Kier alpha value is -4.01. The first-order valence-electron chi connectivity index (χ1n) is 12.6. The molecule has 2 aromatic heterocycles. The maximum Gasteiger partial charge on any atom is 0.357 e. The quantitative estimate of drug-likeness (QED) is 0.268. The zero-order valence-electron chi connectivity index (χ0n) is 20.5. The van der Waals surface area contributed by atoms with Gasteiger partial charge >= 0.3 is 5.97 Å². The number of hydrogen-bond donors (Lipinski definition) is 1. The standard InChI is InChI=1S/C30H25N3O3S2/c34-29-24(28(30(35)36)31-33(29)22-7-3-1-4-8-22)19-23-13-14-26(37-23)27-16-15-25(38-27)20-9-11-21(12-10-20)32-17-5-2-6-18-32/h1,3-4,7-16,19H,2,5-6,17-18H2,(H,35,36). The molecular weight excluding hydrogens is 514 g/mol. The van der Waals surface area contributed by atoms with Crippen molar-refractivity contribution in [2.45, 2.75) is 19.3 Å². The average molecular weight is 540 g/mol. The molecule has 1 saturated heterocycles. The number of para-hydroxylation sites is 1. The van der Waals surface area contributed by atoms with Crippen LogP contribution in [0.5, 0.6) is 0 Å². The Labute approximate surface area is 228 Å². The van der Waals surface area contributed by atoms with Crippen LogP contribution in [0.4, 0.5) is 11.4 Å². The fourth-order valence-electron chi connectivity index (χ4n) is 4.77. The zero-order chi connectivity index (χ0) is 26.1. The van der Waals surface area contributed by atoms with Crippen molar-refractivity contribution in [3.05, 3.63) is 89.3 Å². The molecule has 6 rings (SSSR count). The molecular formula is C30H25N3O3S2. The van der Waals surface area contributed by atoms with Gasteiger partial charge in [-0.05, 0) is 79.4 Å². The van der Waals surface area contributed by atoms with Crippen molar-refractivity contribution in [2.75, 3.05) is 23.0 Å². The average Bonchev–Trinajstić information content (AvgIpc) is 3.70. The van der Waals surface area contributed by atoms with Crippen LogP contribution >= 0.6 is 22.7 Å². The number of hydrazone groups is 1. The SMILES string of the molecule is O=C(O)C1=NN(c2ccccc2)C(=O)C1=Cc1ccc(-c2ccc(-c3ccc(N4CCCCC4)cc3)s2)s1. The molecule has 0 saturated carbocycles. The van der Waals surface area contributed by atoms with Crippen molar-refractivity contribution < 1.29 is 14.7 Å². The first-order chi connectivity index (χ1) is 18.6. The van der Waals surface area contributed by atoms with Crippen LogP contribution in [0.3, 0.4) is 0 Å². The highest BCUT2D eigenvalue weighted by Gasteiger charge is 2.35. The lowest BCUT2D eigenvalue weighted by atomic mass is 10.1.